The van der Waals surface area contributed by atoms with Crippen molar-refractivity contribution in [2.24, 2.45) is 4.99 Å². The van der Waals surface area contributed by atoms with Crippen LogP contribution in [0.25, 0.3) is 11.6 Å². The number of fused-ring (bicyclic) bond motifs is 1. The average molecular weight is 425 g/mol. The maximum absolute atomic E-state index is 12.4. The van der Waals surface area contributed by atoms with E-state index >= 15 is 0 Å². The van der Waals surface area contributed by atoms with Gasteiger partial charge in [-0.1, -0.05) is 23.5 Å². The van der Waals surface area contributed by atoms with Crippen LogP contribution in [0.4, 0.5) is 5.69 Å². The van der Waals surface area contributed by atoms with Gasteiger partial charge in [0.2, 0.25) is 5.88 Å². The zero-order chi connectivity index (χ0) is 20.5. The SMILES string of the molecule is COc1ccc2c(c1)/C(=C/c1sc(=S)n(NC(=O)c3ccccc3O)c1O)C=N2. The molecule has 1 aliphatic heterocycles. The summed E-state index contributed by atoms with van der Waals surface area (Å²) in [4.78, 5) is 17.2. The number of aromatic hydroxyl groups is 2. The molecule has 1 amide bonds. The number of phenolic OH excluding ortho intramolecular Hbond substituents is 1. The molecule has 0 radical (unpaired) electrons. The number of allylic oxidation sites excluding steroid dienone is 1. The van der Waals surface area contributed by atoms with Crippen molar-refractivity contribution < 1.29 is 19.7 Å². The van der Waals surface area contributed by atoms with E-state index in [-0.39, 0.29) is 21.1 Å². The highest BCUT2D eigenvalue weighted by atomic mass is 32.1. The summed E-state index contributed by atoms with van der Waals surface area (Å²) in [7, 11) is 1.59. The molecular weight excluding hydrogens is 410 g/mol. The van der Waals surface area contributed by atoms with Crippen molar-refractivity contribution in [2.75, 3.05) is 12.5 Å². The summed E-state index contributed by atoms with van der Waals surface area (Å²) in [6.45, 7) is 0. The average Bonchev–Trinajstić information content (AvgIpc) is 3.23. The van der Waals surface area contributed by atoms with E-state index in [9.17, 15) is 15.0 Å². The molecule has 1 aromatic heterocycles. The molecule has 0 atom stereocenters. The van der Waals surface area contributed by atoms with Crippen LogP contribution in [0.1, 0.15) is 20.8 Å². The van der Waals surface area contributed by atoms with Gasteiger partial charge < -0.3 is 14.9 Å². The second-order valence-corrected chi connectivity index (χ2v) is 7.77. The smallest absolute Gasteiger partial charge is 0.274 e. The van der Waals surface area contributed by atoms with Crippen molar-refractivity contribution in [3.63, 3.8) is 0 Å². The molecule has 0 unspecified atom stereocenters. The third kappa shape index (κ3) is 3.53. The zero-order valence-corrected chi connectivity index (χ0v) is 16.8. The maximum Gasteiger partial charge on any atom is 0.274 e. The number of carbonyl (C=O) groups excluding carboxylic acids is 1. The molecular formula is C20H15N3O4S2. The van der Waals surface area contributed by atoms with Crippen LogP contribution in [0.5, 0.6) is 17.4 Å². The molecule has 9 heteroatoms. The van der Waals surface area contributed by atoms with Gasteiger partial charge in [0.15, 0.2) is 3.95 Å². The molecule has 0 saturated carbocycles. The maximum atomic E-state index is 12.4. The first kappa shape index (κ1) is 18.9. The number of amides is 1. The quantitative estimate of drug-likeness (QED) is 0.541. The minimum atomic E-state index is -0.594. The lowest BCUT2D eigenvalue weighted by atomic mass is 10.1. The molecule has 0 spiro atoms. The van der Waals surface area contributed by atoms with E-state index in [0.717, 1.165) is 32.8 Å². The van der Waals surface area contributed by atoms with Gasteiger partial charge in [-0.3, -0.25) is 15.2 Å². The Morgan fingerprint density at radius 3 is 2.83 bits per heavy atom. The van der Waals surface area contributed by atoms with E-state index in [0.29, 0.717) is 10.6 Å². The van der Waals surface area contributed by atoms with Gasteiger partial charge in [-0.25, -0.2) is 0 Å². The van der Waals surface area contributed by atoms with Crippen molar-refractivity contribution in [2.45, 2.75) is 0 Å². The lowest BCUT2D eigenvalue weighted by Gasteiger charge is -2.08. The van der Waals surface area contributed by atoms with E-state index in [1.54, 1.807) is 31.5 Å². The molecule has 146 valence electrons. The minimum Gasteiger partial charge on any atom is -0.507 e. The summed E-state index contributed by atoms with van der Waals surface area (Å²) in [6, 6.07) is 11.7. The standard InChI is InChI=1S/C20H15N3O4S2/c1-27-12-6-7-15-14(9-12)11(10-21-15)8-17-19(26)23(20(28)29-17)22-18(25)13-4-2-3-5-16(13)24/h2-10,24,26H,1H3,(H,22,25)/b11-8+. The summed E-state index contributed by atoms with van der Waals surface area (Å²) < 4.78 is 6.62. The molecule has 0 bridgehead atoms. The molecule has 7 nitrogen and oxygen atoms in total. The van der Waals surface area contributed by atoms with Crippen molar-refractivity contribution in [1.29, 1.82) is 0 Å². The number of ether oxygens (including phenoxy) is 1. The van der Waals surface area contributed by atoms with Gasteiger partial charge in [-0.2, -0.15) is 4.68 Å². The number of aliphatic imine (C=N–C) groups is 1. The third-order valence-electron chi connectivity index (χ3n) is 4.32. The third-order valence-corrected chi connectivity index (χ3v) is 5.63. The van der Waals surface area contributed by atoms with Crippen LogP contribution in [0, 0.1) is 3.95 Å². The summed E-state index contributed by atoms with van der Waals surface area (Å²) in [6.07, 6.45) is 3.43. The molecule has 0 fully saturated rings. The number of rotatable bonds is 4. The Hall–Kier alpha value is -3.43. The molecule has 2 heterocycles. The molecule has 0 saturated heterocycles. The first-order chi connectivity index (χ1) is 14.0. The number of nitrogens with one attached hydrogen (secondary N) is 1. The molecule has 29 heavy (non-hydrogen) atoms. The van der Waals surface area contributed by atoms with E-state index in [2.05, 4.69) is 10.4 Å². The summed E-state index contributed by atoms with van der Waals surface area (Å²) in [5.74, 6) is -0.268. The van der Waals surface area contributed by atoms with Crippen LogP contribution in [0.3, 0.4) is 0 Å². The molecule has 4 rings (SSSR count). The van der Waals surface area contributed by atoms with Gasteiger partial charge in [0.25, 0.3) is 5.91 Å². The lowest BCUT2D eigenvalue weighted by Crippen LogP contribution is -2.22. The Balaban J connectivity index is 1.67. The monoisotopic (exact) mass is 425 g/mol. The number of para-hydroxylation sites is 1. The summed E-state index contributed by atoms with van der Waals surface area (Å²) in [5.41, 5.74) is 5.03. The highest BCUT2D eigenvalue weighted by Gasteiger charge is 2.18. The first-order valence-corrected chi connectivity index (χ1v) is 9.68. The predicted octanol–water partition coefficient (Wildman–Crippen LogP) is 4.34. The number of hydrogen-bond acceptors (Lipinski definition) is 7. The van der Waals surface area contributed by atoms with Crippen LogP contribution < -0.4 is 10.2 Å². The molecule has 3 N–H and O–H groups in total. The molecule has 1 aliphatic rings. The fourth-order valence-corrected chi connectivity index (χ4v) is 4.03. The topological polar surface area (TPSA) is 96.1 Å². The second-order valence-electron chi connectivity index (χ2n) is 6.09. The summed E-state index contributed by atoms with van der Waals surface area (Å²) in [5, 5.41) is 20.4. The number of methoxy groups -OCH3 is 1. The first-order valence-electron chi connectivity index (χ1n) is 8.46. The van der Waals surface area contributed by atoms with Gasteiger partial charge in [-0.15, -0.1) is 0 Å². The zero-order valence-electron chi connectivity index (χ0n) is 15.1. The van der Waals surface area contributed by atoms with E-state index < -0.39 is 5.91 Å². The van der Waals surface area contributed by atoms with Crippen LogP contribution in [0.15, 0.2) is 47.5 Å². The number of nitrogens with zero attached hydrogens (tertiary/aromatic N) is 2. The lowest BCUT2D eigenvalue weighted by molar-refractivity contribution is 0.100. The van der Waals surface area contributed by atoms with Crippen molar-refractivity contribution in [1.82, 2.24) is 4.68 Å². The van der Waals surface area contributed by atoms with E-state index in [1.807, 2.05) is 18.2 Å². The van der Waals surface area contributed by atoms with Crippen LogP contribution in [0.2, 0.25) is 0 Å². The van der Waals surface area contributed by atoms with Crippen LogP contribution >= 0.6 is 23.6 Å². The largest absolute Gasteiger partial charge is 0.507 e. The summed E-state index contributed by atoms with van der Waals surface area (Å²) >= 11 is 6.42. The Labute approximate surface area is 174 Å². The van der Waals surface area contributed by atoms with E-state index in [4.69, 9.17) is 17.0 Å². The van der Waals surface area contributed by atoms with Crippen LogP contribution in [-0.2, 0) is 0 Å². The van der Waals surface area contributed by atoms with Crippen molar-refractivity contribution in [3.8, 4) is 17.4 Å². The molecule has 3 aromatic rings. The van der Waals surface area contributed by atoms with Gasteiger partial charge in [0, 0.05) is 17.4 Å². The number of phenols is 1. The van der Waals surface area contributed by atoms with Crippen molar-refractivity contribution >= 4 is 53.0 Å². The second kappa shape index (κ2) is 7.53. The minimum absolute atomic E-state index is 0.0730. The Morgan fingerprint density at radius 2 is 2.07 bits per heavy atom. The fraction of sp³-hybridized carbons (Fsp3) is 0.0500. The highest BCUT2D eigenvalue weighted by molar-refractivity contribution is 7.73. The van der Waals surface area contributed by atoms with Gasteiger partial charge in [0.05, 0.1) is 23.2 Å². The number of aromatic nitrogens is 1. The normalized spacial score (nSPS) is 13.5. The predicted molar refractivity (Wildman–Crippen MR) is 116 cm³/mol. The fourth-order valence-electron chi connectivity index (χ4n) is 2.85. The Kier molecular flexibility index (Phi) is 4.91. The molecule has 0 aliphatic carbocycles. The van der Waals surface area contributed by atoms with Gasteiger partial charge >= 0.3 is 0 Å². The number of hydrogen-bond donors (Lipinski definition) is 3. The van der Waals surface area contributed by atoms with Gasteiger partial charge in [0.1, 0.15) is 11.5 Å². The van der Waals surface area contributed by atoms with Crippen LogP contribution in [-0.4, -0.2) is 34.1 Å². The number of benzene rings is 2. The van der Waals surface area contributed by atoms with E-state index in [1.165, 1.54) is 12.1 Å². The van der Waals surface area contributed by atoms with Crippen molar-refractivity contribution in [3.05, 3.63) is 62.4 Å². The molecule has 2 aromatic carbocycles. The van der Waals surface area contributed by atoms with Gasteiger partial charge in [-0.05, 0) is 48.6 Å². The number of thiazole rings is 1. The number of carbonyl (C=O) groups is 1. The highest BCUT2D eigenvalue weighted by Crippen LogP contribution is 2.37. The Bertz CT molecular complexity index is 1240. The Morgan fingerprint density at radius 1 is 1.28 bits per heavy atom.